The van der Waals surface area contributed by atoms with E-state index in [9.17, 15) is 5.11 Å². The van der Waals surface area contributed by atoms with Gasteiger partial charge in [0.25, 0.3) is 0 Å². The van der Waals surface area contributed by atoms with Crippen LogP contribution >= 0.6 is 11.6 Å². The molecule has 3 aromatic rings. The lowest BCUT2D eigenvalue weighted by molar-refractivity contribution is 0.199. The highest BCUT2D eigenvalue weighted by Gasteiger charge is 2.16. The van der Waals surface area contributed by atoms with E-state index in [1.54, 1.807) is 6.92 Å². The number of pyridine rings is 1. The number of aliphatic hydroxyl groups excluding tert-OH is 1. The van der Waals surface area contributed by atoms with Crippen molar-refractivity contribution in [2.75, 3.05) is 0 Å². The summed E-state index contributed by atoms with van der Waals surface area (Å²) in [6, 6.07) is 7.72. The van der Waals surface area contributed by atoms with Gasteiger partial charge in [-0.15, -0.1) is 0 Å². The fourth-order valence-corrected chi connectivity index (χ4v) is 3.24. The van der Waals surface area contributed by atoms with E-state index >= 15 is 0 Å². The Kier molecular flexibility index (Phi) is 4.13. The zero-order valence-corrected chi connectivity index (χ0v) is 14.5. The maximum absolute atomic E-state index is 9.76. The van der Waals surface area contributed by atoms with E-state index in [1.165, 1.54) is 0 Å². The molecule has 1 aromatic carbocycles. The first-order valence-corrected chi connectivity index (χ1v) is 8.13. The Bertz CT molecular complexity index is 884. The van der Waals surface area contributed by atoms with Crippen LogP contribution in [0.1, 0.15) is 42.6 Å². The van der Waals surface area contributed by atoms with Gasteiger partial charge in [0.2, 0.25) is 0 Å². The number of imidazole rings is 1. The Morgan fingerprint density at radius 3 is 2.57 bits per heavy atom. The summed E-state index contributed by atoms with van der Waals surface area (Å²) in [6.07, 6.45) is 0.203. The van der Waals surface area contributed by atoms with E-state index in [4.69, 9.17) is 16.6 Å². The van der Waals surface area contributed by atoms with Gasteiger partial charge in [0.15, 0.2) is 5.65 Å². The molecule has 1 N–H and O–H groups in total. The SMILES string of the molecule is CCc1nc2c(C)cc(C)nc2n1-c1ccc(C(C)O)c(Cl)c1. The van der Waals surface area contributed by atoms with E-state index in [0.717, 1.165) is 45.9 Å². The molecule has 3 rings (SSSR count). The van der Waals surface area contributed by atoms with Crippen LogP contribution < -0.4 is 0 Å². The van der Waals surface area contributed by atoms with Gasteiger partial charge in [-0.1, -0.05) is 24.6 Å². The summed E-state index contributed by atoms with van der Waals surface area (Å²) < 4.78 is 2.05. The van der Waals surface area contributed by atoms with Crippen molar-refractivity contribution >= 4 is 22.8 Å². The van der Waals surface area contributed by atoms with Gasteiger partial charge in [-0.3, -0.25) is 4.57 Å². The van der Waals surface area contributed by atoms with Gasteiger partial charge in [-0.2, -0.15) is 0 Å². The lowest BCUT2D eigenvalue weighted by atomic mass is 10.1. The predicted octanol–water partition coefficient (Wildman–Crippen LogP) is 4.31. The number of aliphatic hydroxyl groups is 1. The molecule has 0 saturated carbocycles. The van der Waals surface area contributed by atoms with Crippen molar-refractivity contribution in [1.82, 2.24) is 14.5 Å². The number of aryl methyl sites for hydroxylation is 3. The van der Waals surface area contributed by atoms with Crippen LogP contribution in [0.2, 0.25) is 5.02 Å². The van der Waals surface area contributed by atoms with Gasteiger partial charge < -0.3 is 5.11 Å². The molecule has 0 aliphatic rings. The highest BCUT2D eigenvalue weighted by Crippen LogP contribution is 2.29. The summed E-state index contributed by atoms with van der Waals surface area (Å²) >= 11 is 6.34. The van der Waals surface area contributed by atoms with Crippen molar-refractivity contribution in [1.29, 1.82) is 0 Å². The number of halogens is 1. The monoisotopic (exact) mass is 329 g/mol. The minimum atomic E-state index is -0.593. The molecule has 23 heavy (non-hydrogen) atoms. The summed E-state index contributed by atoms with van der Waals surface area (Å²) in [5.74, 6) is 0.946. The van der Waals surface area contributed by atoms with Crippen molar-refractivity contribution in [3.05, 3.63) is 51.9 Å². The van der Waals surface area contributed by atoms with E-state index < -0.39 is 6.10 Å². The molecule has 0 saturated heterocycles. The number of rotatable bonds is 3. The third-order valence-electron chi connectivity index (χ3n) is 4.01. The highest BCUT2D eigenvalue weighted by molar-refractivity contribution is 6.31. The minimum Gasteiger partial charge on any atom is -0.389 e. The fraction of sp³-hybridized carbons (Fsp3) is 0.333. The minimum absolute atomic E-state index is 0.547. The van der Waals surface area contributed by atoms with E-state index in [2.05, 4.69) is 18.8 Å². The molecule has 1 atom stereocenters. The number of fused-ring (bicyclic) bond motifs is 1. The normalized spacial score (nSPS) is 12.8. The van der Waals surface area contributed by atoms with Crippen LogP contribution in [0.25, 0.3) is 16.9 Å². The average Bonchev–Trinajstić information content (AvgIpc) is 2.85. The number of benzene rings is 1. The summed E-state index contributed by atoms with van der Waals surface area (Å²) in [5, 5.41) is 10.3. The molecule has 5 heteroatoms. The van der Waals surface area contributed by atoms with Crippen LogP contribution in [-0.4, -0.2) is 19.6 Å². The summed E-state index contributed by atoms with van der Waals surface area (Å²) in [5.41, 5.74) is 5.48. The molecule has 4 nitrogen and oxygen atoms in total. The summed E-state index contributed by atoms with van der Waals surface area (Å²) in [7, 11) is 0. The first-order chi connectivity index (χ1) is 10.9. The molecule has 120 valence electrons. The van der Waals surface area contributed by atoms with Crippen LogP contribution in [0.5, 0.6) is 0 Å². The largest absolute Gasteiger partial charge is 0.389 e. The second kappa shape index (κ2) is 5.95. The maximum atomic E-state index is 9.76. The van der Waals surface area contributed by atoms with Gasteiger partial charge in [0.1, 0.15) is 11.3 Å². The molecule has 0 spiro atoms. The van der Waals surface area contributed by atoms with Crippen molar-refractivity contribution in [3.63, 3.8) is 0 Å². The fourth-order valence-electron chi connectivity index (χ4n) is 2.91. The number of hydrogen-bond acceptors (Lipinski definition) is 3. The van der Waals surface area contributed by atoms with Crippen molar-refractivity contribution in [2.45, 2.75) is 40.2 Å². The number of nitrogens with zero attached hydrogens (tertiary/aromatic N) is 3. The molecule has 2 aromatic heterocycles. The molecule has 2 heterocycles. The standard InChI is InChI=1S/C18H20ClN3O/c1-5-16-21-17-10(2)8-11(3)20-18(17)22(16)13-6-7-14(12(4)23)15(19)9-13/h6-9,12,23H,5H2,1-4H3. The molecule has 0 radical (unpaired) electrons. The molecule has 0 amide bonds. The Morgan fingerprint density at radius 1 is 1.22 bits per heavy atom. The van der Waals surface area contributed by atoms with Gasteiger partial charge in [0, 0.05) is 17.1 Å². The molecular formula is C18H20ClN3O. The second-order valence-electron chi connectivity index (χ2n) is 5.85. The van der Waals surface area contributed by atoms with Gasteiger partial charge in [0.05, 0.1) is 11.8 Å². The molecule has 0 bridgehead atoms. The Morgan fingerprint density at radius 2 is 1.96 bits per heavy atom. The Labute approximate surface area is 140 Å². The van der Waals surface area contributed by atoms with E-state index in [-0.39, 0.29) is 0 Å². The lowest BCUT2D eigenvalue weighted by Crippen LogP contribution is -2.03. The third kappa shape index (κ3) is 2.73. The van der Waals surface area contributed by atoms with Crippen LogP contribution in [0.3, 0.4) is 0 Å². The molecule has 0 fully saturated rings. The Balaban J connectivity index is 2.29. The maximum Gasteiger partial charge on any atom is 0.165 e. The van der Waals surface area contributed by atoms with Crippen LogP contribution in [0.15, 0.2) is 24.3 Å². The second-order valence-corrected chi connectivity index (χ2v) is 6.26. The van der Waals surface area contributed by atoms with Crippen LogP contribution in [-0.2, 0) is 6.42 Å². The average molecular weight is 330 g/mol. The zero-order chi connectivity index (χ0) is 16.7. The van der Waals surface area contributed by atoms with Crippen molar-refractivity contribution in [3.8, 4) is 5.69 Å². The molecule has 0 aliphatic carbocycles. The van der Waals surface area contributed by atoms with Crippen LogP contribution in [0.4, 0.5) is 0 Å². The van der Waals surface area contributed by atoms with Crippen molar-refractivity contribution in [2.24, 2.45) is 0 Å². The highest BCUT2D eigenvalue weighted by atomic mass is 35.5. The first-order valence-electron chi connectivity index (χ1n) is 7.75. The van der Waals surface area contributed by atoms with E-state index in [1.807, 2.05) is 35.8 Å². The number of hydrogen-bond donors (Lipinski definition) is 1. The lowest BCUT2D eigenvalue weighted by Gasteiger charge is -2.12. The third-order valence-corrected chi connectivity index (χ3v) is 4.34. The first kappa shape index (κ1) is 16.0. The predicted molar refractivity (Wildman–Crippen MR) is 93.4 cm³/mol. The van der Waals surface area contributed by atoms with Crippen molar-refractivity contribution < 1.29 is 5.11 Å². The summed E-state index contributed by atoms with van der Waals surface area (Å²) in [4.78, 5) is 9.42. The quantitative estimate of drug-likeness (QED) is 0.779. The Hall–Kier alpha value is -1.91. The molecular weight excluding hydrogens is 310 g/mol. The topological polar surface area (TPSA) is 50.9 Å². The van der Waals surface area contributed by atoms with Crippen LogP contribution in [0, 0.1) is 13.8 Å². The van der Waals surface area contributed by atoms with Gasteiger partial charge >= 0.3 is 0 Å². The molecule has 1 unspecified atom stereocenters. The zero-order valence-electron chi connectivity index (χ0n) is 13.8. The summed E-state index contributed by atoms with van der Waals surface area (Å²) in [6.45, 7) is 7.82. The van der Waals surface area contributed by atoms with Gasteiger partial charge in [-0.05, 0) is 50.1 Å². The van der Waals surface area contributed by atoms with E-state index in [0.29, 0.717) is 5.02 Å². The molecule has 0 aliphatic heterocycles. The smallest absolute Gasteiger partial charge is 0.165 e. The number of aromatic nitrogens is 3. The van der Waals surface area contributed by atoms with Gasteiger partial charge in [-0.25, -0.2) is 9.97 Å².